The van der Waals surface area contributed by atoms with Crippen LogP contribution in [0, 0.1) is 10.1 Å². The molecule has 130 valence electrons. The SMILES string of the molecule is CCOC(=O)C(N=Nc1ccc([N+](=O)[O-])cc1)SCCCC(=O)O. The number of ether oxygens (including phenoxy) is 1. The van der Waals surface area contributed by atoms with E-state index in [9.17, 15) is 19.7 Å². The maximum absolute atomic E-state index is 11.8. The van der Waals surface area contributed by atoms with Crippen molar-refractivity contribution in [1.82, 2.24) is 0 Å². The average Bonchev–Trinajstić information content (AvgIpc) is 2.54. The van der Waals surface area contributed by atoms with Crippen LogP contribution in [-0.2, 0) is 14.3 Å². The number of carbonyl (C=O) groups is 2. The molecule has 0 aliphatic heterocycles. The van der Waals surface area contributed by atoms with Gasteiger partial charge in [-0.3, -0.25) is 14.9 Å². The number of nitro groups is 1. The predicted octanol–water partition coefficient (Wildman–Crippen LogP) is 3.17. The van der Waals surface area contributed by atoms with Gasteiger partial charge in [0.1, 0.15) is 0 Å². The lowest BCUT2D eigenvalue weighted by molar-refractivity contribution is -0.384. The zero-order chi connectivity index (χ0) is 17.9. The number of carbonyl (C=O) groups excluding carboxylic acids is 1. The van der Waals surface area contributed by atoms with E-state index in [1.165, 1.54) is 24.3 Å². The van der Waals surface area contributed by atoms with Crippen molar-refractivity contribution in [3.05, 3.63) is 34.4 Å². The minimum absolute atomic E-state index is 0.00202. The molecular weight excluding hydrogens is 338 g/mol. The number of esters is 1. The van der Waals surface area contributed by atoms with Gasteiger partial charge in [0.2, 0.25) is 5.37 Å². The predicted molar refractivity (Wildman–Crippen MR) is 87.4 cm³/mol. The highest BCUT2D eigenvalue weighted by atomic mass is 32.2. The molecule has 1 unspecified atom stereocenters. The Kier molecular flexibility index (Phi) is 8.41. The molecule has 9 nitrogen and oxygen atoms in total. The maximum Gasteiger partial charge on any atom is 0.343 e. The Balaban J connectivity index is 2.69. The lowest BCUT2D eigenvalue weighted by Crippen LogP contribution is -2.18. The first-order chi connectivity index (χ1) is 11.4. The summed E-state index contributed by atoms with van der Waals surface area (Å²) in [5.74, 6) is -1.06. The number of carboxylic acids is 1. The summed E-state index contributed by atoms with van der Waals surface area (Å²) in [5, 5.41) is 26.1. The number of nitrogens with zero attached hydrogens (tertiary/aromatic N) is 3. The van der Waals surface area contributed by atoms with Crippen molar-refractivity contribution in [2.24, 2.45) is 10.2 Å². The molecule has 24 heavy (non-hydrogen) atoms. The fraction of sp³-hybridized carbons (Fsp3) is 0.429. The maximum atomic E-state index is 11.8. The number of benzene rings is 1. The topological polar surface area (TPSA) is 131 Å². The Bertz CT molecular complexity index is 605. The van der Waals surface area contributed by atoms with Gasteiger partial charge in [0.05, 0.1) is 17.2 Å². The molecule has 0 aromatic heterocycles. The van der Waals surface area contributed by atoms with Crippen LogP contribution in [0.25, 0.3) is 0 Å². The first kappa shape index (κ1) is 19.6. The van der Waals surface area contributed by atoms with Gasteiger partial charge in [-0.25, -0.2) is 4.79 Å². The molecule has 1 rings (SSSR count). The van der Waals surface area contributed by atoms with E-state index >= 15 is 0 Å². The van der Waals surface area contributed by atoms with Gasteiger partial charge in [0.15, 0.2) is 0 Å². The molecule has 0 saturated heterocycles. The molecular formula is C14H17N3O6S. The van der Waals surface area contributed by atoms with Crippen molar-refractivity contribution in [3.63, 3.8) is 0 Å². The second-order valence-electron chi connectivity index (χ2n) is 4.46. The van der Waals surface area contributed by atoms with E-state index in [1.807, 2.05) is 0 Å². The smallest absolute Gasteiger partial charge is 0.343 e. The number of non-ortho nitro benzene ring substituents is 1. The average molecular weight is 355 g/mol. The van der Waals surface area contributed by atoms with Gasteiger partial charge in [0.25, 0.3) is 5.69 Å². The molecule has 0 fully saturated rings. The van der Waals surface area contributed by atoms with Crippen molar-refractivity contribution in [3.8, 4) is 0 Å². The third kappa shape index (κ3) is 7.18. The van der Waals surface area contributed by atoms with Gasteiger partial charge in [0, 0.05) is 18.6 Å². The second kappa shape index (κ2) is 10.3. The molecule has 0 amide bonds. The highest BCUT2D eigenvalue weighted by Gasteiger charge is 2.19. The first-order valence-electron chi connectivity index (χ1n) is 7.09. The van der Waals surface area contributed by atoms with Gasteiger partial charge in [-0.15, -0.1) is 11.8 Å². The summed E-state index contributed by atoms with van der Waals surface area (Å²) >= 11 is 1.13. The van der Waals surface area contributed by atoms with Gasteiger partial charge >= 0.3 is 11.9 Å². The highest BCUT2D eigenvalue weighted by molar-refractivity contribution is 8.00. The summed E-state index contributed by atoms with van der Waals surface area (Å²) in [4.78, 5) is 32.4. The molecule has 1 aromatic rings. The van der Waals surface area contributed by atoms with E-state index in [4.69, 9.17) is 9.84 Å². The van der Waals surface area contributed by atoms with Crippen LogP contribution in [0.5, 0.6) is 0 Å². The zero-order valence-corrected chi connectivity index (χ0v) is 13.8. The molecule has 1 aromatic carbocycles. The summed E-state index contributed by atoms with van der Waals surface area (Å²) in [6, 6.07) is 5.40. The molecule has 1 atom stereocenters. The lowest BCUT2D eigenvalue weighted by atomic mass is 10.3. The number of aliphatic carboxylic acids is 1. The fourth-order valence-corrected chi connectivity index (χ4v) is 2.39. The molecule has 10 heteroatoms. The number of hydrogen-bond acceptors (Lipinski definition) is 8. The second-order valence-corrected chi connectivity index (χ2v) is 5.65. The number of carboxylic acid groups (broad SMARTS) is 1. The Morgan fingerprint density at radius 2 is 2.04 bits per heavy atom. The molecule has 0 bridgehead atoms. The van der Waals surface area contributed by atoms with Crippen LogP contribution in [0.1, 0.15) is 19.8 Å². The molecule has 1 N–H and O–H groups in total. The van der Waals surface area contributed by atoms with Crippen LogP contribution in [0.2, 0.25) is 0 Å². The quantitative estimate of drug-likeness (QED) is 0.224. The minimum Gasteiger partial charge on any atom is -0.481 e. The van der Waals surface area contributed by atoms with E-state index < -0.39 is 22.2 Å². The molecule has 0 aliphatic rings. The zero-order valence-electron chi connectivity index (χ0n) is 13.0. The number of nitro benzene ring substituents is 1. The summed E-state index contributed by atoms with van der Waals surface area (Å²) in [7, 11) is 0. The van der Waals surface area contributed by atoms with Crippen LogP contribution in [-0.4, -0.2) is 39.7 Å². The lowest BCUT2D eigenvalue weighted by Gasteiger charge is -2.09. The van der Waals surface area contributed by atoms with Crippen molar-refractivity contribution < 1.29 is 24.4 Å². The third-order valence-corrected chi connectivity index (χ3v) is 3.76. The Morgan fingerprint density at radius 3 is 2.58 bits per heavy atom. The van der Waals surface area contributed by atoms with Gasteiger partial charge < -0.3 is 9.84 Å². The molecule has 0 saturated carbocycles. The van der Waals surface area contributed by atoms with Crippen molar-refractivity contribution in [2.75, 3.05) is 12.4 Å². The summed E-state index contributed by atoms with van der Waals surface area (Å²) in [6.07, 6.45) is 0.394. The summed E-state index contributed by atoms with van der Waals surface area (Å²) < 4.78 is 4.90. The van der Waals surface area contributed by atoms with Gasteiger partial charge in [-0.05, 0) is 31.2 Å². The Morgan fingerprint density at radius 1 is 1.38 bits per heavy atom. The van der Waals surface area contributed by atoms with E-state index in [0.29, 0.717) is 17.9 Å². The number of thioether (sulfide) groups is 1. The van der Waals surface area contributed by atoms with Crippen molar-refractivity contribution in [1.29, 1.82) is 0 Å². The van der Waals surface area contributed by atoms with Crippen molar-refractivity contribution >= 4 is 35.1 Å². The standard InChI is InChI=1S/C14H17N3O6S/c1-2-23-14(20)13(24-9-3-4-12(18)19)16-15-10-5-7-11(8-6-10)17(21)22/h5-8,13H,2-4,9H2,1H3,(H,18,19). The Labute approximate surface area is 142 Å². The number of hydrogen-bond donors (Lipinski definition) is 1. The van der Waals surface area contributed by atoms with Crippen LogP contribution < -0.4 is 0 Å². The van der Waals surface area contributed by atoms with Crippen LogP contribution in [0.4, 0.5) is 11.4 Å². The normalized spacial score (nSPS) is 12.0. The van der Waals surface area contributed by atoms with E-state index in [1.54, 1.807) is 6.92 Å². The number of rotatable bonds is 10. The van der Waals surface area contributed by atoms with Crippen LogP contribution in [0.15, 0.2) is 34.5 Å². The van der Waals surface area contributed by atoms with E-state index in [2.05, 4.69) is 10.2 Å². The van der Waals surface area contributed by atoms with Crippen molar-refractivity contribution in [2.45, 2.75) is 25.1 Å². The van der Waals surface area contributed by atoms with Crippen LogP contribution in [0.3, 0.4) is 0 Å². The molecule has 0 aliphatic carbocycles. The van der Waals surface area contributed by atoms with Gasteiger partial charge in [-0.2, -0.15) is 10.2 Å². The third-order valence-electron chi connectivity index (χ3n) is 2.64. The monoisotopic (exact) mass is 355 g/mol. The van der Waals surface area contributed by atoms with Gasteiger partial charge in [-0.1, -0.05) is 0 Å². The first-order valence-corrected chi connectivity index (χ1v) is 8.14. The largest absolute Gasteiger partial charge is 0.481 e. The molecule has 0 spiro atoms. The van der Waals surface area contributed by atoms with Crippen LogP contribution >= 0.6 is 11.8 Å². The molecule has 0 heterocycles. The molecule has 0 radical (unpaired) electrons. The highest BCUT2D eigenvalue weighted by Crippen LogP contribution is 2.22. The Hall–Kier alpha value is -2.49. The fourth-order valence-electron chi connectivity index (χ4n) is 1.54. The summed E-state index contributed by atoms with van der Waals surface area (Å²) in [6.45, 7) is 1.86. The van der Waals surface area contributed by atoms with E-state index in [-0.39, 0.29) is 18.7 Å². The van der Waals surface area contributed by atoms with E-state index in [0.717, 1.165) is 11.8 Å². The summed E-state index contributed by atoms with van der Waals surface area (Å²) in [5.41, 5.74) is 0.292. The minimum atomic E-state index is -0.908. The number of azo groups is 1.